The number of carbonyl (C=O) groups excluding carboxylic acids is 1. The van der Waals surface area contributed by atoms with Crippen LogP contribution in [-0.2, 0) is 17.6 Å². The van der Waals surface area contributed by atoms with Gasteiger partial charge in [0.05, 0.1) is 12.3 Å². The number of aryl methyl sites for hydroxylation is 2. The van der Waals surface area contributed by atoms with Crippen molar-refractivity contribution >= 4 is 5.97 Å². The number of hydrogen-bond acceptors (Lipinski definition) is 5. The first-order valence-electron chi connectivity index (χ1n) is 9.33. The first-order chi connectivity index (χ1) is 14.1. The lowest BCUT2D eigenvalue weighted by Crippen LogP contribution is -2.12. The van der Waals surface area contributed by atoms with Crippen LogP contribution in [0.1, 0.15) is 54.3 Å². The van der Waals surface area contributed by atoms with E-state index in [9.17, 15) is 26.7 Å². The Bertz CT molecular complexity index is 881. The lowest BCUT2D eigenvalue weighted by atomic mass is 10.1. The average molecular weight is 435 g/mol. The summed E-state index contributed by atoms with van der Waals surface area (Å²) in [5.74, 6) is -0.650. The highest BCUT2D eigenvalue weighted by atomic mass is 19.4. The molecule has 2 aromatic heterocycles. The molecule has 0 saturated heterocycles. The van der Waals surface area contributed by atoms with Gasteiger partial charge in [-0.05, 0) is 38.3 Å². The minimum atomic E-state index is -4.30. The summed E-state index contributed by atoms with van der Waals surface area (Å²) in [7, 11) is 0. The monoisotopic (exact) mass is 435 g/mol. The first-order valence-corrected chi connectivity index (χ1v) is 9.33. The number of alkyl halides is 5. The molecule has 11 heteroatoms. The van der Waals surface area contributed by atoms with Crippen LogP contribution in [0.2, 0.25) is 0 Å². The molecule has 0 unspecified atom stereocenters. The lowest BCUT2D eigenvalue weighted by molar-refractivity contribution is -0.135. The Morgan fingerprint density at radius 2 is 1.97 bits per heavy atom. The second-order valence-electron chi connectivity index (χ2n) is 6.38. The van der Waals surface area contributed by atoms with E-state index in [1.807, 2.05) is 0 Å². The standard InChI is InChI=1S/C19H22F5N3O3/c1-4-14-26-15(17(28)29-5-2)11(3)27(14)16-13(30-18(20)21)9-12(10-25-16)7-6-8-19(22,23)24/h9-10,18H,4-8H2,1-3H3. The number of aromatic nitrogens is 3. The zero-order chi connectivity index (χ0) is 22.5. The van der Waals surface area contributed by atoms with Gasteiger partial charge in [-0.2, -0.15) is 22.0 Å². The third kappa shape index (κ3) is 5.90. The highest BCUT2D eigenvalue weighted by molar-refractivity contribution is 5.88. The predicted octanol–water partition coefficient (Wildman–Crippen LogP) is 4.80. The molecule has 0 radical (unpaired) electrons. The number of ether oxygens (including phenoxy) is 2. The molecule has 2 aromatic rings. The second-order valence-corrected chi connectivity index (χ2v) is 6.38. The van der Waals surface area contributed by atoms with E-state index in [1.165, 1.54) is 16.8 Å². The van der Waals surface area contributed by atoms with Gasteiger partial charge in [0.15, 0.2) is 17.3 Å². The molecule has 6 nitrogen and oxygen atoms in total. The number of carbonyl (C=O) groups is 1. The Hall–Kier alpha value is -2.72. The zero-order valence-electron chi connectivity index (χ0n) is 16.7. The van der Waals surface area contributed by atoms with Crippen LogP contribution in [0.15, 0.2) is 12.3 Å². The molecule has 0 aliphatic carbocycles. The topological polar surface area (TPSA) is 66.2 Å². The number of halogens is 5. The van der Waals surface area contributed by atoms with Crippen LogP contribution in [-0.4, -0.2) is 39.9 Å². The molecule has 0 saturated carbocycles. The van der Waals surface area contributed by atoms with Crippen molar-refractivity contribution in [2.45, 2.75) is 59.2 Å². The average Bonchev–Trinajstić information content (AvgIpc) is 2.97. The van der Waals surface area contributed by atoms with Gasteiger partial charge in [-0.25, -0.2) is 14.8 Å². The van der Waals surface area contributed by atoms with Gasteiger partial charge in [0.1, 0.15) is 5.82 Å². The van der Waals surface area contributed by atoms with E-state index in [-0.39, 0.29) is 36.7 Å². The van der Waals surface area contributed by atoms with Gasteiger partial charge in [-0.1, -0.05) is 6.92 Å². The fourth-order valence-corrected chi connectivity index (χ4v) is 2.93. The summed E-state index contributed by atoms with van der Waals surface area (Å²) in [6.45, 7) is 1.92. The summed E-state index contributed by atoms with van der Waals surface area (Å²) in [5.41, 5.74) is 0.662. The number of hydrogen-bond donors (Lipinski definition) is 0. The van der Waals surface area contributed by atoms with E-state index < -0.39 is 25.2 Å². The van der Waals surface area contributed by atoms with Crippen LogP contribution in [0.3, 0.4) is 0 Å². The molecule has 30 heavy (non-hydrogen) atoms. The third-order valence-electron chi connectivity index (χ3n) is 4.21. The van der Waals surface area contributed by atoms with Crippen molar-refractivity contribution in [1.82, 2.24) is 14.5 Å². The maximum Gasteiger partial charge on any atom is 0.389 e. The van der Waals surface area contributed by atoms with Gasteiger partial charge in [0.2, 0.25) is 0 Å². The van der Waals surface area contributed by atoms with Crippen molar-refractivity contribution in [2.75, 3.05) is 6.61 Å². The van der Waals surface area contributed by atoms with Gasteiger partial charge in [-0.3, -0.25) is 4.57 Å². The normalized spacial score (nSPS) is 11.8. The van der Waals surface area contributed by atoms with Crippen LogP contribution in [0.5, 0.6) is 5.75 Å². The first kappa shape index (κ1) is 23.6. The molecule has 2 heterocycles. The molecule has 0 N–H and O–H groups in total. The Balaban J connectivity index is 2.46. The van der Waals surface area contributed by atoms with Crippen LogP contribution >= 0.6 is 0 Å². The fraction of sp³-hybridized carbons (Fsp3) is 0.526. The van der Waals surface area contributed by atoms with Gasteiger partial charge in [-0.15, -0.1) is 0 Å². The van der Waals surface area contributed by atoms with Crippen molar-refractivity contribution in [3.05, 3.63) is 35.0 Å². The van der Waals surface area contributed by atoms with Gasteiger partial charge >= 0.3 is 18.8 Å². The number of esters is 1. The van der Waals surface area contributed by atoms with Crippen molar-refractivity contribution < 1.29 is 36.2 Å². The van der Waals surface area contributed by atoms with Gasteiger partial charge in [0.25, 0.3) is 0 Å². The Morgan fingerprint density at radius 3 is 2.53 bits per heavy atom. The van der Waals surface area contributed by atoms with E-state index in [1.54, 1.807) is 20.8 Å². The summed E-state index contributed by atoms with van der Waals surface area (Å²) in [5, 5.41) is 0. The molecular formula is C19H22F5N3O3. The second kappa shape index (κ2) is 9.86. The molecule has 0 aromatic carbocycles. The Labute approximate surface area is 170 Å². The minimum Gasteiger partial charge on any atom is -0.461 e. The molecule has 0 bridgehead atoms. The van der Waals surface area contributed by atoms with E-state index >= 15 is 0 Å². The Morgan fingerprint density at radius 1 is 1.27 bits per heavy atom. The van der Waals surface area contributed by atoms with Crippen molar-refractivity contribution in [1.29, 1.82) is 0 Å². The van der Waals surface area contributed by atoms with Crippen LogP contribution in [0, 0.1) is 6.92 Å². The van der Waals surface area contributed by atoms with Crippen LogP contribution < -0.4 is 4.74 Å². The maximum absolute atomic E-state index is 13.0. The third-order valence-corrected chi connectivity index (χ3v) is 4.21. The maximum atomic E-state index is 13.0. The highest BCUT2D eigenvalue weighted by Crippen LogP contribution is 2.29. The van der Waals surface area contributed by atoms with Crippen molar-refractivity contribution in [2.24, 2.45) is 0 Å². The summed E-state index contributed by atoms with van der Waals surface area (Å²) in [6.07, 6.45) is -3.87. The molecule has 0 aliphatic rings. The number of pyridine rings is 1. The largest absolute Gasteiger partial charge is 0.461 e. The molecule has 0 aliphatic heterocycles. The highest BCUT2D eigenvalue weighted by Gasteiger charge is 2.27. The molecular weight excluding hydrogens is 413 g/mol. The molecule has 166 valence electrons. The van der Waals surface area contributed by atoms with E-state index in [0.29, 0.717) is 23.5 Å². The zero-order valence-corrected chi connectivity index (χ0v) is 16.7. The summed E-state index contributed by atoms with van der Waals surface area (Å²) in [4.78, 5) is 20.5. The van der Waals surface area contributed by atoms with Gasteiger partial charge in [0, 0.05) is 19.0 Å². The Kier molecular flexibility index (Phi) is 7.74. The molecule has 0 spiro atoms. The summed E-state index contributed by atoms with van der Waals surface area (Å²) >= 11 is 0. The smallest absolute Gasteiger partial charge is 0.389 e. The molecule has 2 rings (SSSR count). The quantitative estimate of drug-likeness (QED) is 0.418. The number of imidazole rings is 1. The van der Waals surface area contributed by atoms with E-state index in [4.69, 9.17) is 4.74 Å². The molecule has 0 fully saturated rings. The lowest BCUT2D eigenvalue weighted by Gasteiger charge is -2.15. The molecule has 0 atom stereocenters. The van der Waals surface area contributed by atoms with E-state index in [0.717, 1.165) is 0 Å². The van der Waals surface area contributed by atoms with Crippen molar-refractivity contribution in [3.8, 4) is 11.6 Å². The van der Waals surface area contributed by atoms with E-state index in [2.05, 4.69) is 14.7 Å². The minimum absolute atomic E-state index is 0.00991. The number of rotatable bonds is 9. The van der Waals surface area contributed by atoms with Crippen molar-refractivity contribution in [3.63, 3.8) is 0 Å². The predicted molar refractivity (Wildman–Crippen MR) is 97.1 cm³/mol. The SMILES string of the molecule is CCOC(=O)c1nc(CC)n(-c2ncc(CCCC(F)(F)F)cc2OC(F)F)c1C. The summed E-state index contributed by atoms with van der Waals surface area (Å²) < 4.78 is 74.0. The van der Waals surface area contributed by atoms with Crippen LogP contribution in [0.4, 0.5) is 22.0 Å². The van der Waals surface area contributed by atoms with Gasteiger partial charge < -0.3 is 9.47 Å². The molecule has 0 amide bonds. The number of nitrogens with zero attached hydrogens (tertiary/aromatic N) is 3. The fourth-order valence-electron chi connectivity index (χ4n) is 2.93. The van der Waals surface area contributed by atoms with Crippen LogP contribution in [0.25, 0.3) is 5.82 Å². The summed E-state index contributed by atoms with van der Waals surface area (Å²) in [6, 6.07) is 1.23.